The molecule has 1 unspecified atom stereocenters. The van der Waals surface area contributed by atoms with Crippen molar-refractivity contribution in [3.8, 4) is 0 Å². The van der Waals surface area contributed by atoms with Crippen molar-refractivity contribution in [1.29, 1.82) is 0 Å². The van der Waals surface area contributed by atoms with Crippen molar-refractivity contribution in [3.63, 3.8) is 0 Å². The molecule has 0 saturated heterocycles. The van der Waals surface area contributed by atoms with Gasteiger partial charge in [-0.15, -0.1) is 11.6 Å². The number of rotatable bonds is 3. The molecule has 70 valence electrons. The number of ketones is 1. The standard InChI is InChI=1S/C10H10BrClO/c1-2-7-3-5-8(6-4-7)9(13)10(11)12/h3-6,10H,2H2,1H3. The highest BCUT2D eigenvalue weighted by Gasteiger charge is 2.12. The first kappa shape index (κ1) is 10.7. The van der Waals surface area contributed by atoms with Crippen LogP contribution in [0, 0.1) is 0 Å². The fourth-order valence-corrected chi connectivity index (χ4v) is 1.42. The van der Waals surface area contributed by atoms with E-state index in [9.17, 15) is 4.79 Å². The lowest BCUT2D eigenvalue weighted by molar-refractivity contribution is 0.101. The van der Waals surface area contributed by atoms with E-state index in [-0.39, 0.29) is 5.78 Å². The normalized spacial score (nSPS) is 12.5. The van der Waals surface area contributed by atoms with Crippen LogP contribution in [0.3, 0.4) is 0 Å². The number of carbonyl (C=O) groups is 1. The molecule has 0 amide bonds. The quantitative estimate of drug-likeness (QED) is 0.602. The smallest absolute Gasteiger partial charge is 0.191 e. The fraction of sp³-hybridized carbons (Fsp3) is 0.300. The lowest BCUT2D eigenvalue weighted by Gasteiger charge is -2.02. The van der Waals surface area contributed by atoms with E-state index in [1.807, 2.05) is 12.1 Å². The van der Waals surface area contributed by atoms with Crippen LogP contribution >= 0.6 is 27.5 Å². The van der Waals surface area contributed by atoms with Crippen molar-refractivity contribution >= 4 is 33.3 Å². The summed E-state index contributed by atoms with van der Waals surface area (Å²) in [5, 5.41) is 0. The summed E-state index contributed by atoms with van der Waals surface area (Å²) in [5.41, 5.74) is 1.87. The van der Waals surface area contributed by atoms with E-state index in [1.165, 1.54) is 5.56 Å². The highest BCUT2D eigenvalue weighted by Crippen LogP contribution is 2.14. The number of carbonyl (C=O) groups excluding carboxylic acids is 1. The molecule has 13 heavy (non-hydrogen) atoms. The summed E-state index contributed by atoms with van der Waals surface area (Å²) in [6.45, 7) is 2.08. The van der Waals surface area contributed by atoms with Gasteiger partial charge in [0.1, 0.15) is 0 Å². The van der Waals surface area contributed by atoms with E-state index in [2.05, 4.69) is 22.9 Å². The van der Waals surface area contributed by atoms with Crippen LogP contribution < -0.4 is 0 Å². The Labute approximate surface area is 91.2 Å². The van der Waals surface area contributed by atoms with Crippen LogP contribution in [0.2, 0.25) is 0 Å². The summed E-state index contributed by atoms with van der Waals surface area (Å²) in [4.78, 5) is 11.4. The molecule has 0 aliphatic heterocycles. The first-order valence-electron chi connectivity index (χ1n) is 4.06. The van der Waals surface area contributed by atoms with Gasteiger partial charge in [-0.25, -0.2) is 0 Å². The van der Waals surface area contributed by atoms with Gasteiger partial charge in [0.2, 0.25) is 0 Å². The molecule has 0 heterocycles. The van der Waals surface area contributed by atoms with Crippen molar-refractivity contribution in [3.05, 3.63) is 35.4 Å². The molecular weight excluding hydrogens is 251 g/mol. The van der Waals surface area contributed by atoms with E-state index in [0.717, 1.165) is 6.42 Å². The first-order valence-corrected chi connectivity index (χ1v) is 5.41. The Morgan fingerprint density at radius 1 is 1.46 bits per heavy atom. The van der Waals surface area contributed by atoms with Crippen molar-refractivity contribution in [2.45, 2.75) is 17.6 Å². The molecule has 1 aromatic carbocycles. The SMILES string of the molecule is CCc1ccc(C(=O)C(Cl)Br)cc1. The molecule has 0 spiro atoms. The Bertz CT molecular complexity index is 292. The molecule has 0 N–H and O–H groups in total. The van der Waals surface area contributed by atoms with Crippen LogP contribution in [0.5, 0.6) is 0 Å². The maximum absolute atomic E-state index is 11.4. The Morgan fingerprint density at radius 3 is 2.38 bits per heavy atom. The summed E-state index contributed by atoms with van der Waals surface area (Å²) in [6, 6.07) is 7.49. The molecule has 1 atom stereocenters. The minimum Gasteiger partial charge on any atom is -0.292 e. The van der Waals surface area contributed by atoms with E-state index >= 15 is 0 Å². The van der Waals surface area contributed by atoms with Crippen molar-refractivity contribution in [1.82, 2.24) is 0 Å². The van der Waals surface area contributed by atoms with Gasteiger partial charge in [0.25, 0.3) is 0 Å². The molecular formula is C10H10BrClO. The van der Waals surface area contributed by atoms with E-state index in [4.69, 9.17) is 11.6 Å². The number of aryl methyl sites for hydroxylation is 1. The van der Waals surface area contributed by atoms with Gasteiger partial charge in [-0.3, -0.25) is 4.79 Å². The lowest BCUT2D eigenvalue weighted by atomic mass is 10.1. The molecule has 0 saturated carbocycles. The second-order valence-electron chi connectivity index (χ2n) is 2.72. The van der Waals surface area contributed by atoms with Gasteiger partial charge < -0.3 is 0 Å². The van der Waals surface area contributed by atoms with Crippen LogP contribution in [0.15, 0.2) is 24.3 Å². The molecule has 1 rings (SSSR count). The zero-order valence-electron chi connectivity index (χ0n) is 7.26. The zero-order valence-corrected chi connectivity index (χ0v) is 9.60. The van der Waals surface area contributed by atoms with Gasteiger partial charge in [-0.2, -0.15) is 0 Å². The number of halogens is 2. The summed E-state index contributed by atoms with van der Waals surface area (Å²) in [7, 11) is 0. The molecule has 0 fully saturated rings. The number of hydrogen-bond donors (Lipinski definition) is 0. The van der Waals surface area contributed by atoms with Gasteiger partial charge in [0, 0.05) is 5.56 Å². The maximum Gasteiger partial charge on any atom is 0.191 e. The van der Waals surface area contributed by atoms with E-state index < -0.39 is 4.29 Å². The summed E-state index contributed by atoms with van der Waals surface area (Å²) < 4.78 is -0.625. The Balaban J connectivity index is 2.86. The topological polar surface area (TPSA) is 17.1 Å². The molecule has 3 heteroatoms. The highest BCUT2D eigenvalue weighted by molar-refractivity contribution is 9.10. The second kappa shape index (κ2) is 4.77. The van der Waals surface area contributed by atoms with Crippen molar-refractivity contribution < 1.29 is 4.79 Å². The minimum atomic E-state index is -0.625. The van der Waals surface area contributed by atoms with Gasteiger partial charge in [-0.05, 0) is 12.0 Å². The van der Waals surface area contributed by atoms with Crippen LogP contribution in [0.4, 0.5) is 0 Å². The van der Waals surface area contributed by atoms with Gasteiger partial charge >= 0.3 is 0 Å². The second-order valence-corrected chi connectivity index (χ2v) is 4.59. The third-order valence-electron chi connectivity index (χ3n) is 1.84. The van der Waals surface area contributed by atoms with Crippen molar-refractivity contribution in [2.75, 3.05) is 0 Å². The Kier molecular flexibility index (Phi) is 3.94. The largest absolute Gasteiger partial charge is 0.292 e. The van der Waals surface area contributed by atoms with Crippen LogP contribution in [-0.2, 0) is 6.42 Å². The molecule has 0 radical (unpaired) electrons. The van der Waals surface area contributed by atoms with Crippen molar-refractivity contribution in [2.24, 2.45) is 0 Å². The third kappa shape index (κ3) is 2.82. The number of Topliss-reactive ketones (excluding diaryl/α,β-unsaturated/α-hetero) is 1. The van der Waals surface area contributed by atoms with Gasteiger partial charge in [0.05, 0.1) is 0 Å². The predicted octanol–water partition coefficient (Wildman–Crippen LogP) is 3.39. The number of alkyl halides is 2. The molecule has 0 bridgehead atoms. The highest BCUT2D eigenvalue weighted by atomic mass is 79.9. The zero-order chi connectivity index (χ0) is 9.84. The van der Waals surface area contributed by atoms with E-state index in [1.54, 1.807) is 12.1 Å². The van der Waals surface area contributed by atoms with Crippen LogP contribution in [0.1, 0.15) is 22.8 Å². The van der Waals surface area contributed by atoms with Gasteiger partial charge in [-0.1, -0.05) is 47.1 Å². The van der Waals surface area contributed by atoms with Crippen LogP contribution in [-0.4, -0.2) is 10.1 Å². The first-order chi connectivity index (χ1) is 6.15. The number of hydrogen-bond acceptors (Lipinski definition) is 1. The molecule has 1 nitrogen and oxygen atoms in total. The maximum atomic E-state index is 11.4. The Morgan fingerprint density at radius 2 is 2.00 bits per heavy atom. The number of benzene rings is 1. The lowest BCUT2D eigenvalue weighted by Crippen LogP contribution is -2.07. The molecule has 0 aliphatic rings. The average molecular weight is 262 g/mol. The average Bonchev–Trinajstić information content (AvgIpc) is 2.17. The Hall–Kier alpha value is -0.340. The summed E-state index contributed by atoms with van der Waals surface area (Å²) in [6.07, 6.45) is 0.979. The molecule has 0 aromatic heterocycles. The molecule has 1 aromatic rings. The van der Waals surface area contributed by atoms with Crippen LogP contribution in [0.25, 0.3) is 0 Å². The predicted molar refractivity (Wildman–Crippen MR) is 58.7 cm³/mol. The molecule has 0 aliphatic carbocycles. The summed E-state index contributed by atoms with van der Waals surface area (Å²) >= 11 is 8.63. The summed E-state index contributed by atoms with van der Waals surface area (Å²) in [5.74, 6) is -0.0932. The minimum absolute atomic E-state index is 0.0932. The monoisotopic (exact) mass is 260 g/mol. The fourth-order valence-electron chi connectivity index (χ4n) is 1.03. The third-order valence-corrected chi connectivity index (χ3v) is 2.46. The van der Waals surface area contributed by atoms with E-state index in [0.29, 0.717) is 5.56 Å². The van der Waals surface area contributed by atoms with Gasteiger partial charge in [0.15, 0.2) is 10.1 Å².